The first-order chi connectivity index (χ1) is 64.4. The van der Waals surface area contributed by atoms with Crippen molar-refractivity contribution in [2.75, 3.05) is 49.8 Å². The van der Waals surface area contributed by atoms with E-state index in [1.54, 1.807) is 41.1 Å². The maximum absolute atomic E-state index is 11.9. The lowest BCUT2D eigenvalue weighted by Crippen LogP contribution is -2.41. The van der Waals surface area contributed by atoms with E-state index in [2.05, 4.69) is 126 Å². The summed E-state index contributed by atoms with van der Waals surface area (Å²) >= 11 is 6.59. The summed E-state index contributed by atoms with van der Waals surface area (Å²) in [4.78, 5) is 39.1. The molecule has 7 N–H and O–H groups in total. The average molecular weight is 1950 g/mol. The van der Waals surface area contributed by atoms with Crippen LogP contribution >= 0.6 is 31.9 Å². The Morgan fingerprint density at radius 1 is 0.425 bits per heavy atom. The van der Waals surface area contributed by atoms with Crippen LogP contribution < -0.4 is 36.6 Å². The van der Waals surface area contributed by atoms with Gasteiger partial charge in [-0.1, -0.05) is 227 Å². The van der Waals surface area contributed by atoms with E-state index in [1.807, 2.05) is 243 Å². The Labute approximate surface area is 810 Å². The first-order valence-corrected chi connectivity index (χ1v) is 48.2. The van der Waals surface area contributed by atoms with Crippen molar-refractivity contribution in [3.8, 4) is 57.1 Å². The summed E-state index contributed by atoms with van der Waals surface area (Å²) in [6.07, 6.45) is 16.3. The van der Waals surface area contributed by atoms with Crippen LogP contribution in [0.3, 0.4) is 0 Å². The van der Waals surface area contributed by atoms with E-state index < -0.39 is 6.29 Å². The summed E-state index contributed by atoms with van der Waals surface area (Å²) in [5.41, 5.74) is 26.1. The van der Waals surface area contributed by atoms with Crippen LogP contribution in [0.5, 0.6) is 34.6 Å². The molecule has 0 atom stereocenters. The average Bonchev–Trinajstić information content (AvgIpc) is 1.67. The molecule has 0 bridgehead atoms. The number of ether oxygens (including phenoxy) is 5. The van der Waals surface area contributed by atoms with Crippen molar-refractivity contribution < 1.29 is 62.4 Å². The van der Waals surface area contributed by atoms with Gasteiger partial charge in [0.1, 0.15) is 50.7 Å². The summed E-state index contributed by atoms with van der Waals surface area (Å²) < 4.78 is 54.0. The number of unbranched alkanes of at least 4 members (excludes halogenated alkanes) is 4. The van der Waals surface area contributed by atoms with Crippen LogP contribution in [0.1, 0.15) is 204 Å². The van der Waals surface area contributed by atoms with E-state index in [4.69, 9.17) is 68.7 Å². The number of Topliss-reactive ketones (excluding diaryl/α,β-unsaturated/α-hetero) is 1. The number of phenols is 2. The molecule has 0 unspecified atom stereocenters. The number of phenolic OH excluding ortho intramolecular Hbond substituents is 2. The second kappa shape index (κ2) is 53.7. The smallest absolute Gasteiger partial charge is 0.494 e. The van der Waals surface area contributed by atoms with Crippen molar-refractivity contribution in [2.24, 2.45) is 0 Å². The van der Waals surface area contributed by atoms with Gasteiger partial charge in [-0.2, -0.15) is 0 Å². The number of fused-ring (bicyclic) bond motifs is 1. The second-order valence-electron chi connectivity index (χ2n) is 34.5. The molecule has 13 aromatic rings. The zero-order valence-electron chi connectivity index (χ0n) is 80.4. The van der Waals surface area contributed by atoms with Crippen LogP contribution in [0.15, 0.2) is 260 Å². The van der Waals surface area contributed by atoms with Gasteiger partial charge in [0.05, 0.1) is 83.1 Å². The van der Waals surface area contributed by atoms with Crippen molar-refractivity contribution in [3.63, 3.8) is 0 Å². The van der Waals surface area contributed by atoms with Crippen LogP contribution in [-0.4, -0.2) is 137 Å². The highest BCUT2D eigenvalue weighted by atomic mass is 79.9. The number of aromatic hydroxyl groups is 3. The molecule has 6 heterocycles. The fraction of sp³-hybridized carbons (Fsp3) is 0.361. The fourth-order valence-corrected chi connectivity index (χ4v) is 14.2. The van der Waals surface area contributed by atoms with E-state index in [0.717, 1.165) is 142 Å². The van der Waals surface area contributed by atoms with Gasteiger partial charge in [-0.3, -0.25) is 9.20 Å². The third-order valence-electron chi connectivity index (χ3n) is 22.7. The number of anilines is 2. The number of carbonyl (C=O) groups excluding carboxylic acids is 1. The minimum Gasteiger partial charge on any atom is -0.508 e. The number of imidazole rings is 1. The van der Waals surface area contributed by atoms with E-state index in [0.29, 0.717) is 79.5 Å². The number of hydrogen-bond acceptors (Lipinski definition) is 21. The maximum Gasteiger partial charge on any atom is 0.494 e. The van der Waals surface area contributed by atoms with E-state index in [9.17, 15) is 20.1 Å². The van der Waals surface area contributed by atoms with Gasteiger partial charge < -0.3 is 69.1 Å². The highest BCUT2D eigenvalue weighted by Crippen LogP contribution is 2.39. The van der Waals surface area contributed by atoms with Crippen molar-refractivity contribution in [3.05, 3.63) is 316 Å². The molecule has 4 aromatic heterocycles. The van der Waals surface area contributed by atoms with Crippen LogP contribution in [0.4, 0.5) is 11.6 Å². The topological polar surface area (TPSA) is 295 Å². The molecule has 22 nitrogen and oxygen atoms in total. The maximum atomic E-state index is 11.9. The number of carbonyl (C=O) groups is 1. The summed E-state index contributed by atoms with van der Waals surface area (Å²) in [6.45, 7) is 33.9. The third-order valence-corrected chi connectivity index (χ3v) is 23.6. The minimum atomic E-state index is -0.730. The van der Waals surface area contributed by atoms with E-state index in [1.165, 1.54) is 29.5 Å². The zero-order chi connectivity index (χ0) is 96.6. The Morgan fingerprint density at radius 2 is 0.784 bits per heavy atom. The number of nitrogens with zero attached hydrogens (tertiary/aromatic N) is 7. The minimum absolute atomic E-state index is 0.0300. The van der Waals surface area contributed by atoms with Crippen molar-refractivity contribution in [1.82, 2.24) is 34.3 Å². The number of rotatable bonds is 33. The number of benzene rings is 9. The molecule has 9 aromatic carbocycles. The number of aromatic nitrogens is 7. The molecule has 134 heavy (non-hydrogen) atoms. The second-order valence-corrected chi connectivity index (χ2v) is 36.1. The van der Waals surface area contributed by atoms with E-state index >= 15 is 0 Å². The molecule has 0 spiro atoms. The number of nitrogen functional groups attached to an aromatic ring is 2. The number of halogens is 2. The van der Waals surface area contributed by atoms with Crippen LogP contribution in [0.2, 0.25) is 0 Å². The molecule has 2 aliphatic heterocycles. The molecule has 0 radical (unpaired) electrons. The molecule has 0 amide bonds. The highest BCUT2D eigenvalue weighted by molar-refractivity contribution is 9.10. The first kappa shape index (κ1) is 106. The van der Waals surface area contributed by atoms with Crippen LogP contribution in [0.25, 0.3) is 28.2 Å². The van der Waals surface area contributed by atoms with Crippen molar-refractivity contribution >= 4 is 80.1 Å². The SMILES string of the molecule is CC1(C)OB(c2ccc(O)cc2)OC1(C)C.CCCCBr.CCCCOc1ccc(-c2cn3c(O)c(Cc4ccc(O)cc4)nc3c(Cc3ccccc3)n2)cc1.CCCCOc1ccc(-c2cnc(N)c(Cc3ccccc3)n2)cc1.CCCCOc1ccc(B2OC(C)(C)C(C)(C)O2)cc1.CCOC(OCC)C(=O)Cc1ccc(C)cc1.Nc1ncc(Br)nc1Cc1ccccc1. The molecule has 2 fully saturated rings. The number of hydrogen-bond donors (Lipinski definition) is 5. The van der Waals surface area contributed by atoms with Gasteiger partial charge in [-0.15, -0.1) is 0 Å². The molecule has 2 saturated heterocycles. The molecular formula is C108H133B2Br2N9O13. The molecular weight excluding hydrogens is 1810 g/mol. The number of ketones is 1. The summed E-state index contributed by atoms with van der Waals surface area (Å²) in [7, 11) is -0.657. The number of aryl methyl sites for hydroxylation is 1. The predicted molar refractivity (Wildman–Crippen MR) is 548 cm³/mol. The quantitative estimate of drug-likeness (QED) is 0.0110. The van der Waals surface area contributed by atoms with Gasteiger partial charge >= 0.3 is 14.2 Å². The van der Waals surface area contributed by atoms with Gasteiger partial charge in [0.15, 0.2) is 11.4 Å². The van der Waals surface area contributed by atoms with Crippen LogP contribution in [-0.2, 0) is 65.0 Å². The van der Waals surface area contributed by atoms with Gasteiger partial charge in [-0.05, 0) is 241 Å². The Bertz CT molecular complexity index is 5600. The summed E-state index contributed by atoms with van der Waals surface area (Å²) in [6, 6.07) is 76.0. The normalized spacial score (nSPS) is 13.5. The Hall–Kier alpha value is -11.3. The number of alkyl halides is 1. The molecule has 708 valence electrons. The summed E-state index contributed by atoms with van der Waals surface area (Å²) in [5, 5.41) is 31.1. The number of nitrogens with two attached hydrogens (primary N) is 2. The molecule has 2 aliphatic rings. The fourth-order valence-electron chi connectivity index (χ4n) is 13.4. The lowest BCUT2D eigenvalue weighted by Gasteiger charge is -2.32. The van der Waals surface area contributed by atoms with Gasteiger partial charge in [0, 0.05) is 68.0 Å². The predicted octanol–water partition coefficient (Wildman–Crippen LogP) is 22.6. The Kier molecular flexibility index (Phi) is 42.6. The Balaban J connectivity index is 0.000000184. The van der Waals surface area contributed by atoms with Crippen LogP contribution in [0, 0.1) is 6.92 Å². The standard InChI is InChI=1S/C30H29N3O3.C21H23N3O.C16H25BO3.C14H20O3.C12H17BO3.C11H10BrN3.C4H9Br/c1-2-3-17-36-25-15-11-23(12-16-25)28-20-33-29(26(31-28)18-21-7-5-4-6-8-21)32-27(30(33)35)19-22-9-13-24(34)14-10-22;1-2-3-13-25-18-11-9-17(10-12-18)20-15-23-21(22)19(24-20)14-16-7-5-4-6-8-16;1-6-7-12-18-14-10-8-13(9-11-14)17-19-15(2,3)16(4,5)20-17;1-4-16-14(17-5-2)13(15)10-12-8-6-11(3)7-9-12;1-11(2)12(3,4)16-13(15-11)9-5-7-10(14)8-6-9;12-10-7-14-11(13)9(15-10)6-8-4-2-1-3-5-8;1-2-3-4-5/h4-16,20,34-35H,2-3,17-19H2,1H3;4-12,15H,2-3,13-14H2,1H3,(H2,22,23);8-11H,6-7,12H2,1-5H3;6-9,14H,4-5,10H2,1-3H3;5-8,14H,1-4H3;1-5,7H,6H2,(H2,13,14);2-4H2,1H3. The first-order valence-electron chi connectivity index (χ1n) is 46.3. The third kappa shape index (κ3) is 33.3. The lowest BCUT2D eigenvalue weighted by molar-refractivity contribution is -0.167. The molecule has 15 rings (SSSR count). The molecule has 0 saturated carbocycles. The Morgan fingerprint density at radius 3 is 1.19 bits per heavy atom. The highest BCUT2D eigenvalue weighted by Gasteiger charge is 2.53. The molecule has 0 aliphatic carbocycles. The summed E-state index contributed by atoms with van der Waals surface area (Å²) in [5.74, 6) is 4.10. The lowest BCUT2D eigenvalue weighted by atomic mass is 9.79. The molecule has 26 heteroatoms. The zero-order valence-corrected chi connectivity index (χ0v) is 83.6. The van der Waals surface area contributed by atoms with Gasteiger partial charge in [0.2, 0.25) is 12.2 Å². The largest absolute Gasteiger partial charge is 0.508 e. The monoisotopic (exact) mass is 1940 g/mol. The van der Waals surface area contributed by atoms with Gasteiger partial charge in [-0.25, -0.2) is 29.9 Å². The van der Waals surface area contributed by atoms with Gasteiger partial charge in [0.25, 0.3) is 0 Å². The van der Waals surface area contributed by atoms with Crippen molar-refractivity contribution in [1.29, 1.82) is 0 Å². The van der Waals surface area contributed by atoms with Crippen molar-refractivity contribution in [2.45, 2.75) is 216 Å². The van der Waals surface area contributed by atoms with E-state index in [-0.39, 0.29) is 59.8 Å².